The van der Waals surface area contributed by atoms with Gasteiger partial charge < -0.3 is 0 Å². The van der Waals surface area contributed by atoms with E-state index in [0.29, 0.717) is 147 Å². The Hall–Kier alpha value is 3.31. The SMILES string of the molecule is BBB(B)B(B(B(B)B)B(B)B)B(B(B(B)B)B(B)B)B(B(B(B(B)B)B(B)B)B(B(B)B)B(B)B)B(B(B(B)B)B(B)B)B(B(B)B)B(B)B. The highest BCUT2D eigenvalue weighted by Gasteiger charge is 2.61. The highest BCUT2D eigenvalue weighted by atomic mass is 13.4. The Kier molecular flexibility index (Phi) is 26.7. The van der Waals surface area contributed by atoms with E-state index in [1.54, 1.807) is 0 Å². The van der Waals surface area contributed by atoms with E-state index in [9.17, 15) is 0 Å². The summed E-state index contributed by atoms with van der Waals surface area (Å²) in [5, 5.41) is 0. The van der Waals surface area contributed by atoms with Gasteiger partial charge in [0, 0.05) is 160 Å². The summed E-state index contributed by atoms with van der Waals surface area (Å²) in [5.41, 5.74) is 0. The molecule has 0 rings (SSSR count). The molecule has 0 saturated heterocycles. The number of rotatable bonds is 24. The minimum Gasteiger partial charge on any atom is 0.00000971 e. The van der Waals surface area contributed by atoms with Gasteiger partial charge in [-0.1, -0.05) is 0 Å². The summed E-state index contributed by atoms with van der Waals surface area (Å²) >= 11 is 0. The molecule has 0 spiro atoms. The lowest BCUT2D eigenvalue weighted by atomic mass is 8.24. The molecule has 0 aliphatic heterocycles. The minimum absolute atomic E-state index is 0.659. The molecule has 0 saturated carbocycles. The van der Waals surface area contributed by atoms with Crippen LogP contribution < -0.4 is 0 Å². The normalized spacial score (nSPS) is 9.65. The zero-order valence-corrected chi connectivity index (χ0v) is 40.6. The van der Waals surface area contributed by atoms with Crippen molar-refractivity contribution in [2.24, 2.45) is 0 Å². The zero-order valence-electron chi connectivity index (χ0n) is 40.6. The number of hydrogen-bond donors (Lipinski definition) is 0. The molecule has 0 nitrogen and oxygen atoms in total. The van der Waals surface area contributed by atoms with E-state index in [1.165, 1.54) is 7.06 Å². The van der Waals surface area contributed by atoms with Gasteiger partial charge in [0.15, 0.2) is 0 Å². The molecule has 0 radical (unpaired) electrons. The topological polar surface area (TPSA) is 0 Å². The van der Waals surface area contributed by atoms with Crippen LogP contribution in [-0.2, 0) is 0 Å². The molecule has 0 aliphatic carbocycles. The molecule has 51 heteroatoms. The third-order valence-corrected chi connectivity index (χ3v) is 15.0. The van der Waals surface area contributed by atoms with E-state index in [-0.39, 0.29) is 0 Å². The predicted octanol–water partition coefficient (Wildman–Crippen LogP) is -33.6. The highest BCUT2D eigenvalue weighted by Crippen LogP contribution is 2.22. The van der Waals surface area contributed by atoms with Gasteiger partial charge in [0.05, 0.1) is 201 Å². The average Bonchev–Trinajstić information content (AvgIpc) is 2.92. The van der Waals surface area contributed by atoms with Crippen molar-refractivity contribution in [3.63, 3.8) is 0 Å². The van der Waals surface area contributed by atoms with Gasteiger partial charge in [-0.25, -0.2) is 0 Å². The smallest absolute Gasteiger partial charge is 0.00000971 e. The molecule has 0 aromatic heterocycles. The summed E-state index contributed by atoms with van der Waals surface area (Å²) < 4.78 is 0. The highest BCUT2D eigenvalue weighted by molar-refractivity contribution is 8.35. The van der Waals surface area contributed by atoms with Crippen LogP contribution in [-0.4, -0.2) is 361 Å². The molecule has 0 aromatic carbocycles. The van der Waals surface area contributed by atoms with Gasteiger partial charge in [-0.3, -0.25) is 0 Å². The Morgan fingerprint density at radius 1 is 0.176 bits per heavy atom. The van der Waals surface area contributed by atoms with Gasteiger partial charge >= 0.3 is 0 Å². The lowest BCUT2D eigenvalue weighted by molar-refractivity contribution is 3.19. The van der Waals surface area contributed by atoms with Gasteiger partial charge in [-0.05, 0) is 0 Å². The molecule has 0 N–H and O–H groups in total. The Morgan fingerprint density at radius 3 is 0.431 bits per heavy atom. The first-order valence-corrected chi connectivity index (χ1v) is 23.2. The molecule has 0 aliphatic rings. The molecule has 0 unspecified atom stereocenters. The van der Waals surface area contributed by atoms with E-state index in [1.807, 2.05) is 0 Å². The van der Waals surface area contributed by atoms with Crippen molar-refractivity contribution < 1.29 is 0 Å². The molecule has 0 aromatic rings. The lowest BCUT2D eigenvalue weighted by Crippen LogP contribution is -2.95. The first kappa shape index (κ1) is 54.3. The van der Waals surface area contributed by atoms with Crippen LogP contribution in [0.1, 0.15) is 0 Å². The van der Waals surface area contributed by atoms with Crippen molar-refractivity contribution >= 4 is 361 Å². The first-order valence-electron chi connectivity index (χ1n) is 23.2. The van der Waals surface area contributed by atoms with Gasteiger partial charge in [-0.2, -0.15) is 0 Å². The Morgan fingerprint density at radius 2 is 0.294 bits per heavy atom. The molecule has 0 bridgehead atoms. The summed E-state index contributed by atoms with van der Waals surface area (Å²) in [6, 6.07) is 0. The summed E-state index contributed by atoms with van der Waals surface area (Å²) in [4.78, 5) is 0. The second-order valence-electron chi connectivity index (χ2n) is 22.7. The molecule has 206 valence electrons. The predicted molar refractivity (Wildman–Crippen MR) is 367 cm³/mol. The molecule has 51 heavy (non-hydrogen) atoms. The fraction of sp³-hybridized carbons (Fsp3) is 0. The van der Waals surface area contributed by atoms with Gasteiger partial charge in [0.1, 0.15) is 0 Å². The van der Waals surface area contributed by atoms with E-state index < -0.39 is 0 Å². The third kappa shape index (κ3) is 14.8. The minimum atomic E-state index is 0.659. The van der Waals surface area contributed by atoms with Crippen LogP contribution in [0.3, 0.4) is 0 Å². The van der Waals surface area contributed by atoms with Crippen LogP contribution in [0.15, 0.2) is 0 Å². The molecule has 0 atom stereocenters. The van der Waals surface area contributed by atoms with Gasteiger partial charge in [0.2, 0.25) is 0 Å². The van der Waals surface area contributed by atoms with E-state index in [2.05, 4.69) is 201 Å². The third-order valence-electron chi connectivity index (χ3n) is 15.0. The van der Waals surface area contributed by atoms with Crippen LogP contribution in [0.5, 0.6) is 0 Å². The van der Waals surface area contributed by atoms with Crippen molar-refractivity contribution in [2.45, 2.75) is 0 Å². The fourth-order valence-corrected chi connectivity index (χ4v) is 14.3. The maximum Gasteiger partial charge on any atom is 0.0594 e. The van der Waals surface area contributed by atoms with Crippen molar-refractivity contribution in [1.82, 2.24) is 0 Å². The van der Waals surface area contributed by atoms with E-state index >= 15 is 0 Å². The Labute approximate surface area is 358 Å². The standard InChI is InChI=1S/B51H53/c1-27-40(26)47(41(28(2)3)29(4)5)50(46(38(22)23)39(24)25)51(48(42(30(6)7)31(8)9)43(32(10)11)33(12)13)49(44(34(14)15)35(16)17)45(36(18)19)37(20)21/h27H,1-26H2. The molecular weight excluding hydrogens is 551 g/mol. The van der Waals surface area contributed by atoms with Crippen LogP contribution in [0.25, 0.3) is 0 Å². The quantitative estimate of drug-likeness (QED) is 0.0962. The van der Waals surface area contributed by atoms with Gasteiger partial charge in [-0.15, -0.1) is 0 Å². The van der Waals surface area contributed by atoms with Crippen molar-refractivity contribution in [3.05, 3.63) is 0 Å². The largest absolute Gasteiger partial charge is 0.0594 e. The Balaban J connectivity index is 9.62. The lowest BCUT2D eigenvalue weighted by Gasteiger charge is -2.56. The van der Waals surface area contributed by atoms with Crippen LogP contribution in [0, 0.1) is 0 Å². The van der Waals surface area contributed by atoms with Crippen molar-refractivity contribution in [1.29, 1.82) is 0 Å². The molecular formula is H53B51. The van der Waals surface area contributed by atoms with Crippen molar-refractivity contribution in [2.75, 3.05) is 0 Å². The fourth-order valence-electron chi connectivity index (χ4n) is 14.3. The summed E-state index contributed by atoms with van der Waals surface area (Å²) in [7, 11) is 69.2. The molecule has 0 fully saturated rings. The van der Waals surface area contributed by atoms with Crippen LogP contribution >= 0.6 is 0 Å². The van der Waals surface area contributed by atoms with Crippen molar-refractivity contribution in [3.8, 4) is 0 Å². The zero-order chi connectivity index (χ0) is 40.6. The monoisotopic (exact) mass is 615 g/mol. The summed E-state index contributed by atoms with van der Waals surface area (Å²) in [6.07, 6.45) is 16.3. The molecule has 0 amide bonds. The number of hydrogen-bond acceptors (Lipinski definition) is 0. The van der Waals surface area contributed by atoms with Crippen LogP contribution in [0.4, 0.5) is 0 Å². The average molecular weight is 605 g/mol. The maximum absolute atomic E-state index is 2.70. The second kappa shape index (κ2) is 25.1. The summed E-state index contributed by atoms with van der Waals surface area (Å²) in [5.74, 6) is 0. The van der Waals surface area contributed by atoms with E-state index in [0.717, 1.165) is 6.39 Å². The second-order valence-corrected chi connectivity index (χ2v) is 22.7. The maximum atomic E-state index is 2.70. The van der Waals surface area contributed by atoms with Crippen LogP contribution in [0.2, 0.25) is 0 Å². The van der Waals surface area contributed by atoms with E-state index in [4.69, 9.17) is 0 Å². The first-order chi connectivity index (χ1) is 23.2. The summed E-state index contributed by atoms with van der Waals surface area (Å²) in [6.45, 7) is 0. The Bertz CT molecular complexity index is 748. The van der Waals surface area contributed by atoms with Gasteiger partial charge in [0.25, 0.3) is 0 Å². The molecule has 0 heterocycles.